The maximum Gasteiger partial charge on any atom is 0.244 e. The molecule has 0 radical (unpaired) electrons. The highest BCUT2D eigenvalue weighted by Gasteiger charge is 2.30. The Hall–Kier alpha value is -2.25. The van der Waals surface area contributed by atoms with Gasteiger partial charge in [0.15, 0.2) is 0 Å². The van der Waals surface area contributed by atoms with Crippen molar-refractivity contribution in [3.63, 3.8) is 0 Å². The zero-order valence-electron chi connectivity index (χ0n) is 14.0. The average molecular weight is 362 g/mol. The number of aryl methyl sites for hydroxylation is 1. The summed E-state index contributed by atoms with van der Waals surface area (Å²) >= 11 is 0. The molecule has 1 amide bonds. The van der Waals surface area contributed by atoms with E-state index in [-0.39, 0.29) is 10.8 Å². The Morgan fingerprint density at radius 3 is 2.68 bits per heavy atom. The fourth-order valence-electron chi connectivity index (χ4n) is 3.06. The van der Waals surface area contributed by atoms with Gasteiger partial charge in [0.2, 0.25) is 15.9 Å². The van der Waals surface area contributed by atoms with E-state index < -0.39 is 21.9 Å². The van der Waals surface area contributed by atoms with E-state index in [1.807, 2.05) is 24.3 Å². The van der Waals surface area contributed by atoms with Gasteiger partial charge in [0.25, 0.3) is 0 Å². The molecule has 2 aromatic rings. The minimum atomic E-state index is -3.92. The molecule has 0 bridgehead atoms. The van der Waals surface area contributed by atoms with Gasteiger partial charge < -0.3 is 4.90 Å². The lowest BCUT2D eigenvalue weighted by Crippen LogP contribution is -2.46. The second kappa shape index (κ2) is 6.57. The van der Waals surface area contributed by atoms with Gasteiger partial charge in [-0.2, -0.15) is 4.72 Å². The molecule has 0 saturated heterocycles. The smallest absolute Gasteiger partial charge is 0.244 e. The Bertz CT molecular complexity index is 928. The second-order valence-corrected chi connectivity index (χ2v) is 7.80. The molecule has 0 aliphatic carbocycles. The molecule has 5 nitrogen and oxygen atoms in total. The highest BCUT2D eigenvalue weighted by atomic mass is 32.2. The van der Waals surface area contributed by atoms with E-state index in [4.69, 9.17) is 0 Å². The van der Waals surface area contributed by atoms with E-state index in [0.29, 0.717) is 12.1 Å². The SMILES string of the molecule is Cc1cc(F)ccc1S(=O)(=O)N[C@@H](C)C(=O)N1CCc2ccccc21. The number of fused-ring (bicyclic) bond motifs is 1. The van der Waals surface area contributed by atoms with Crippen LogP contribution >= 0.6 is 0 Å². The van der Waals surface area contributed by atoms with Crippen LogP contribution in [0.4, 0.5) is 10.1 Å². The molecule has 1 aliphatic rings. The van der Waals surface area contributed by atoms with Crippen LogP contribution in [0.15, 0.2) is 47.4 Å². The summed E-state index contributed by atoms with van der Waals surface area (Å²) in [5, 5.41) is 0. The van der Waals surface area contributed by atoms with Gasteiger partial charge in [0.1, 0.15) is 5.82 Å². The number of halogens is 1. The first-order chi connectivity index (χ1) is 11.8. The second-order valence-electron chi connectivity index (χ2n) is 6.12. The first-order valence-corrected chi connectivity index (χ1v) is 9.45. The minimum Gasteiger partial charge on any atom is -0.310 e. The molecular formula is C18H19FN2O3S. The molecule has 7 heteroatoms. The first-order valence-electron chi connectivity index (χ1n) is 7.97. The first kappa shape index (κ1) is 17.6. The highest BCUT2D eigenvalue weighted by molar-refractivity contribution is 7.89. The Labute approximate surface area is 146 Å². The van der Waals surface area contributed by atoms with Crippen LogP contribution in [0.25, 0.3) is 0 Å². The Balaban J connectivity index is 1.80. The standard InChI is InChI=1S/C18H19FN2O3S/c1-12-11-15(19)7-8-17(12)25(23,24)20-13(2)18(22)21-10-9-14-5-3-4-6-16(14)21/h3-8,11,13,20H,9-10H2,1-2H3/t13-/m0/s1. The maximum absolute atomic E-state index is 13.2. The van der Waals surface area contributed by atoms with E-state index in [9.17, 15) is 17.6 Å². The van der Waals surface area contributed by atoms with Gasteiger partial charge in [-0.05, 0) is 55.7 Å². The quantitative estimate of drug-likeness (QED) is 0.908. The Morgan fingerprint density at radius 2 is 1.96 bits per heavy atom. The number of hydrogen-bond acceptors (Lipinski definition) is 3. The van der Waals surface area contributed by atoms with Crippen molar-refractivity contribution in [1.29, 1.82) is 0 Å². The van der Waals surface area contributed by atoms with Crippen molar-refractivity contribution in [3.05, 3.63) is 59.4 Å². The molecule has 0 saturated carbocycles. The topological polar surface area (TPSA) is 66.5 Å². The van der Waals surface area contributed by atoms with Crippen molar-refractivity contribution < 1.29 is 17.6 Å². The third-order valence-electron chi connectivity index (χ3n) is 4.28. The highest BCUT2D eigenvalue weighted by Crippen LogP contribution is 2.28. The van der Waals surface area contributed by atoms with Gasteiger partial charge in [0.05, 0.1) is 10.9 Å². The monoisotopic (exact) mass is 362 g/mol. The molecule has 0 unspecified atom stereocenters. The van der Waals surface area contributed by atoms with E-state index in [2.05, 4.69) is 4.72 Å². The number of nitrogens with zero attached hydrogens (tertiary/aromatic N) is 1. The molecule has 25 heavy (non-hydrogen) atoms. The fourth-order valence-corrected chi connectivity index (χ4v) is 4.49. The molecule has 0 fully saturated rings. The molecule has 2 aromatic carbocycles. The van der Waals surface area contributed by atoms with Gasteiger partial charge >= 0.3 is 0 Å². The largest absolute Gasteiger partial charge is 0.310 e. The van der Waals surface area contributed by atoms with Crippen LogP contribution in [-0.2, 0) is 21.2 Å². The van der Waals surface area contributed by atoms with Crippen LogP contribution in [0.2, 0.25) is 0 Å². The zero-order chi connectivity index (χ0) is 18.2. The van der Waals surface area contributed by atoms with Gasteiger partial charge in [-0.3, -0.25) is 4.79 Å². The lowest BCUT2D eigenvalue weighted by molar-refractivity contribution is -0.119. The van der Waals surface area contributed by atoms with Crippen molar-refractivity contribution >= 4 is 21.6 Å². The average Bonchev–Trinajstić information content (AvgIpc) is 2.97. The third kappa shape index (κ3) is 3.43. The Morgan fingerprint density at radius 1 is 1.24 bits per heavy atom. The van der Waals surface area contributed by atoms with E-state index in [1.54, 1.807) is 4.90 Å². The predicted molar refractivity (Wildman–Crippen MR) is 93.4 cm³/mol. The molecular weight excluding hydrogens is 343 g/mol. The number of amides is 1. The number of sulfonamides is 1. The molecule has 1 N–H and O–H groups in total. The van der Waals surface area contributed by atoms with Crippen LogP contribution in [0.5, 0.6) is 0 Å². The fraction of sp³-hybridized carbons (Fsp3) is 0.278. The van der Waals surface area contributed by atoms with Gasteiger partial charge in [-0.15, -0.1) is 0 Å². The minimum absolute atomic E-state index is 0.0321. The number of anilines is 1. The summed E-state index contributed by atoms with van der Waals surface area (Å²) in [6.07, 6.45) is 0.748. The molecule has 3 rings (SSSR count). The molecule has 0 aromatic heterocycles. The van der Waals surface area contributed by atoms with E-state index >= 15 is 0 Å². The normalized spacial score (nSPS) is 15.1. The van der Waals surface area contributed by atoms with Crippen LogP contribution in [-0.4, -0.2) is 26.9 Å². The van der Waals surface area contributed by atoms with Crippen molar-refractivity contribution in [2.75, 3.05) is 11.4 Å². The van der Waals surface area contributed by atoms with E-state index in [1.165, 1.54) is 19.9 Å². The number of rotatable bonds is 4. The molecule has 1 atom stereocenters. The number of carbonyl (C=O) groups is 1. The van der Waals surface area contributed by atoms with E-state index in [0.717, 1.165) is 29.8 Å². The predicted octanol–water partition coefficient (Wildman–Crippen LogP) is 2.39. The maximum atomic E-state index is 13.2. The summed E-state index contributed by atoms with van der Waals surface area (Å²) < 4.78 is 40.7. The number of para-hydroxylation sites is 1. The summed E-state index contributed by atoms with van der Waals surface area (Å²) in [7, 11) is -3.92. The number of hydrogen-bond donors (Lipinski definition) is 1. The van der Waals surface area contributed by atoms with Crippen molar-refractivity contribution in [3.8, 4) is 0 Å². The molecule has 0 spiro atoms. The van der Waals surface area contributed by atoms with Crippen LogP contribution in [0.1, 0.15) is 18.1 Å². The van der Waals surface area contributed by atoms with Gasteiger partial charge in [-0.1, -0.05) is 18.2 Å². The lowest BCUT2D eigenvalue weighted by Gasteiger charge is -2.22. The molecule has 132 valence electrons. The zero-order valence-corrected chi connectivity index (χ0v) is 14.8. The van der Waals surface area contributed by atoms with Crippen LogP contribution < -0.4 is 9.62 Å². The summed E-state index contributed by atoms with van der Waals surface area (Å²) in [6, 6.07) is 10.1. The number of carbonyl (C=O) groups excluding carboxylic acids is 1. The van der Waals surface area contributed by atoms with Crippen LogP contribution in [0, 0.1) is 12.7 Å². The summed E-state index contributed by atoms with van der Waals surface area (Å²) in [5.41, 5.74) is 2.18. The van der Waals surface area contributed by atoms with Crippen molar-refractivity contribution in [2.24, 2.45) is 0 Å². The van der Waals surface area contributed by atoms with Gasteiger partial charge in [0, 0.05) is 12.2 Å². The van der Waals surface area contributed by atoms with Gasteiger partial charge in [-0.25, -0.2) is 12.8 Å². The summed E-state index contributed by atoms with van der Waals surface area (Å²) in [6.45, 7) is 3.56. The van der Waals surface area contributed by atoms with Crippen molar-refractivity contribution in [1.82, 2.24) is 4.72 Å². The number of nitrogens with one attached hydrogen (secondary N) is 1. The van der Waals surface area contributed by atoms with Crippen molar-refractivity contribution in [2.45, 2.75) is 31.2 Å². The molecule has 1 aliphatic heterocycles. The lowest BCUT2D eigenvalue weighted by atomic mass is 10.2. The Kier molecular flexibility index (Phi) is 4.62. The van der Waals surface area contributed by atoms with Crippen LogP contribution in [0.3, 0.4) is 0 Å². The molecule has 1 heterocycles. The summed E-state index contributed by atoms with van der Waals surface area (Å²) in [4.78, 5) is 14.3. The third-order valence-corrected chi connectivity index (χ3v) is 5.98. The summed E-state index contributed by atoms with van der Waals surface area (Å²) in [5.74, 6) is -0.817. The number of benzene rings is 2.